The van der Waals surface area contributed by atoms with Gasteiger partial charge in [-0.05, 0) is 0 Å². The summed E-state index contributed by atoms with van der Waals surface area (Å²) in [5, 5.41) is 0. The summed E-state index contributed by atoms with van der Waals surface area (Å²) in [4.78, 5) is 0. The number of halogens is 2. The molecule has 6 rings (SSSR count). The molecule has 0 saturated heterocycles. The minimum atomic E-state index is -1.25. The van der Waals surface area contributed by atoms with Gasteiger partial charge in [0, 0.05) is 0 Å². The Morgan fingerprint density at radius 1 is 0.587 bits per heavy atom. The third-order valence-electron chi connectivity index (χ3n) is 9.50. The predicted octanol–water partition coefficient (Wildman–Crippen LogP) is 5.95. The smallest absolute Gasteiger partial charge is 1.00 e. The molecule has 0 aliphatic heterocycles. The first-order valence-electron chi connectivity index (χ1n) is 16.7. The second-order valence-corrected chi connectivity index (χ2v) is 17.2. The van der Waals surface area contributed by atoms with Crippen molar-refractivity contribution < 1.29 is 47.6 Å². The molecule has 1 atom stereocenters. The molecule has 0 heterocycles. The van der Waals surface area contributed by atoms with Gasteiger partial charge in [0.05, 0.1) is 0 Å². The summed E-state index contributed by atoms with van der Waals surface area (Å²) in [6, 6.07) is 29.8. The third-order valence-corrected chi connectivity index (χ3v) is 13.8. The van der Waals surface area contributed by atoms with Crippen LogP contribution >= 0.6 is 0 Å². The number of fused-ring (bicyclic) bond motifs is 3. The summed E-state index contributed by atoms with van der Waals surface area (Å²) < 4.78 is 2.05. The standard InChI is InChI=1S/C30H37.C13H10.2ClH.Zr/c1-17(2)23-15-11-14-22-16-24-28(21-12-9-10-13-21)26(19(5)6)25(18(3)4)27(20(7)8)30(24)29(22)23;1-3-7-12(8-4-1)11-13-9-5-2-6-10-13;;;/h9-12,14-20H,13H2,1-8H3;1-10H;2*1H;/q;;;;+2/p-2. The Bertz CT molecular complexity index is 1730. The minimum Gasteiger partial charge on any atom is -1.00 e. The Kier molecular flexibility index (Phi) is 12.1. The summed E-state index contributed by atoms with van der Waals surface area (Å²) in [6.07, 6.45) is 8.11. The zero-order chi connectivity index (χ0) is 31.1. The first-order valence-corrected chi connectivity index (χ1v) is 19.3. The van der Waals surface area contributed by atoms with Crippen LogP contribution in [0.4, 0.5) is 0 Å². The average Bonchev–Trinajstić information content (AvgIpc) is 3.66. The van der Waals surface area contributed by atoms with Crippen LogP contribution in [0.3, 0.4) is 0 Å². The SMILES string of the molecule is CC(C)c1cccc2c1-c1c(C(C)C)c(C(C)C)c(C(C)C)c(C3=CC=CC3)c1[CH]2[Zr+2]=[C](c1ccccc1)c1ccccc1.[Cl-].[Cl-]. The molecule has 2 aliphatic carbocycles. The third kappa shape index (κ3) is 6.55. The molecule has 0 N–H and O–H groups in total. The summed E-state index contributed by atoms with van der Waals surface area (Å²) in [7, 11) is 0. The summed E-state index contributed by atoms with van der Waals surface area (Å²) in [6.45, 7) is 19.4. The molecule has 0 bridgehead atoms. The Balaban J connectivity index is 0.00000240. The molecule has 237 valence electrons. The Morgan fingerprint density at radius 2 is 1.13 bits per heavy atom. The maximum atomic E-state index is 2.50. The van der Waals surface area contributed by atoms with E-state index in [1.54, 1.807) is 47.7 Å². The molecule has 4 aromatic carbocycles. The number of hydrogen-bond acceptors (Lipinski definition) is 0. The minimum absolute atomic E-state index is 0. The second-order valence-electron chi connectivity index (χ2n) is 13.8. The first-order chi connectivity index (χ1) is 21.2. The molecule has 3 heteroatoms. The molecule has 0 spiro atoms. The van der Waals surface area contributed by atoms with Crippen LogP contribution in [-0.4, -0.2) is 3.21 Å². The van der Waals surface area contributed by atoms with Crippen molar-refractivity contribution in [2.75, 3.05) is 0 Å². The van der Waals surface area contributed by atoms with Crippen molar-refractivity contribution in [1.82, 2.24) is 0 Å². The van der Waals surface area contributed by atoms with Crippen molar-refractivity contribution in [2.24, 2.45) is 0 Å². The van der Waals surface area contributed by atoms with Crippen LogP contribution < -0.4 is 24.8 Å². The Hall–Kier alpha value is -2.31. The molecule has 0 fully saturated rings. The van der Waals surface area contributed by atoms with Gasteiger partial charge in [-0.3, -0.25) is 0 Å². The quantitative estimate of drug-likeness (QED) is 0.211. The van der Waals surface area contributed by atoms with Gasteiger partial charge in [-0.2, -0.15) is 0 Å². The first kappa shape index (κ1) is 36.5. The maximum Gasteiger partial charge on any atom is -1.00 e. The molecule has 0 nitrogen and oxygen atoms in total. The number of allylic oxidation sites excluding steroid dienone is 4. The van der Waals surface area contributed by atoms with Crippen molar-refractivity contribution in [2.45, 2.75) is 89.1 Å². The topological polar surface area (TPSA) is 0 Å². The monoisotopic (exact) mass is 723 g/mol. The second kappa shape index (κ2) is 15.3. The molecular weight excluding hydrogens is 679 g/mol. The fourth-order valence-corrected chi connectivity index (χ4v) is 12.2. The van der Waals surface area contributed by atoms with E-state index in [2.05, 4.69) is 152 Å². The molecule has 46 heavy (non-hydrogen) atoms. The zero-order valence-electron chi connectivity index (χ0n) is 28.6. The van der Waals surface area contributed by atoms with E-state index < -0.39 is 22.8 Å². The molecular formula is C43H47Cl2Zr. The Morgan fingerprint density at radius 3 is 1.61 bits per heavy atom. The van der Waals surface area contributed by atoms with Crippen molar-refractivity contribution in [3.8, 4) is 11.1 Å². The van der Waals surface area contributed by atoms with Gasteiger partial charge in [-0.25, -0.2) is 0 Å². The van der Waals surface area contributed by atoms with Crippen LogP contribution in [0.5, 0.6) is 0 Å². The molecule has 2 aliphatic rings. The van der Waals surface area contributed by atoms with Gasteiger partial charge in [0.25, 0.3) is 0 Å². The van der Waals surface area contributed by atoms with E-state index in [1.807, 2.05) is 0 Å². The van der Waals surface area contributed by atoms with Gasteiger partial charge in [0.15, 0.2) is 0 Å². The van der Waals surface area contributed by atoms with Crippen molar-refractivity contribution in [3.63, 3.8) is 0 Å². The van der Waals surface area contributed by atoms with Crippen LogP contribution in [0.25, 0.3) is 16.7 Å². The fourth-order valence-electron chi connectivity index (χ4n) is 7.78. The van der Waals surface area contributed by atoms with E-state index in [0.717, 1.165) is 6.42 Å². The normalized spacial score (nSPS) is 14.6. The van der Waals surface area contributed by atoms with Crippen molar-refractivity contribution in [3.05, 3.63) is 147 Å². The van der Waals surface area contributed by atoms with E-state index >= 15 is 0 Å². The number of hydrogen-bond donors (Lipinski definition) is 0. The van der Waals surface area contributed by atoms with Gasteiger partial charge < -0.3 is 24.8 Å². The average molecular weight is 726 g/mol. The molecule has 0 aromatic heterocycles. The molecule has 1 unspecified atom stereocenters. The van der Waals surface area contributed by atoms with E-state index in [4.69, 9.17) is 0 Å². The molecule has 0 saturated carbocycles. The maximum absolute atomic E-state index is 2.50. The van der Waals surface area contributed by atoms with Gasteiger partial charge in [0.2, 0.25) is 0 Å². The summed E-state index contributed by atoms with van der Waals surface area (Å²) in [5.74, 6) is 1.84. The Labute approximate surface area is 301 Å². The van der Waals surface area contributed by atoms with Crippen LogP contribution in [0.2, 0.25) is 0 Å². The molecule has 4 aromatic rings. The largest absolute Gasteiger partial charge is 1.00 e. The summed E-state index contributed by atoms with van der Waals surface area (Å²) in [5.41, 5.74) is 18.7. The van der Waals surface area contributed by atoms with Gasteiger partial charge in [-0.1, -0.05) is 0 Å². The fraction of sp³-hybridized carbons (Fsp3) is 0.326. The van der Waals surface area contributed by atoms with Crippen LogP contribution in [0.15, 0.2) is 97.1 Å². The number of rotatable bonds is 8. The van der Waals surface area contributed by atoms with Gasteiger partial charge in [0.1, 0.15) is 0 Å². The van der Waals surface area contributed by atoms with E-state index in [1.165, 1.54) is 22.3 Å². The zero-order valence-corrected chi connectivity index (χ0v) is 32.6. The van der Waals surface area contributed by atoms with Crippen LogP contribution in [0.1, 0.15) is 139 Å². The molecule has 0 radical (unpaired) electrons. The predicted molar refractivity (Wildman–Crippen MR) is 188 cm³/mol. The molecule has 0 amide bonds. The van der Waals surface area contributed by atoms with Gasteiger partial charge >= 0.3 is 279 Å². The number of benzene rings is 4. The van der Waals surface area contributed by atoms with Crippen molar-refractivity contribution >= 4 is 8.78 Å². The van der Waals surface area contributed by atoms with Crippen LogP contribution in [0, 0.1) is 0 Å². The van der Waals surface area contributed by atoms with Crippen LogP contribution in [-0.2, 0) is 22.8 Å². The van der Waals surface area contributed by atoms with E-state index in [9.17, 15) is 0 Å². The van der Waals surface area contributed by atoms with Crippen molar-refractivity contribution in [1.29, 1.82) is 0 Å². The van der Waals surface area contributed by atoms with Gasteiger partial charge in [-0.15, -0.1) is 0 Å². The summed E-state index contributed by atoms with van der Waals surface area (Å²) >= 11 is -1.25. The van der Waals surface area contributed by atoms with E-state index in [-0.39, 0.29) is 24.8 Å². The van der Waals surface area contributed by atoms with E-state index in [0.29, 0.717) is 27.3 Å².